The molecule has 0 aliphatic heterocycles. The van der Waals surface area contributed by atoms with Gasteiger partial charge in [0, 0.05) is 20.1 Å². The Morgan fingerprint density at radius 3 is 1.84 bits per heavy atom. The van der Waals surface area contributed by atoms with Crippen LogP contribution < -0.4 is 0 Å². The van der Waals surface area contributed by atoms with E-state index < -0.39 is 9.28 Å². The summed E-state index contributed by atoms with van der Waals surface area (Å²) in [7, 11) is 2.14. The van der Waals surface area contributed by atoms with Gasteiger partial charge in [-0.3, -0.25) is 0 Å². The van der Waals surface area contributed by atoms with Crippen molar-refractivity contribution in [2.45, 2.75) is 57.4 Å². The molecule has 0 radical (unpaired) electrons. The molecule has 0 unspecified atom stereocenters. The van der Waals surface area contributed by atoms with Crippen molar-refractivity contribution in [3.8, 4) is 0 Å². The molecule has 0 atom stereocenters. The van der Waals surface area contributed by atoms with E-state index in [-0.39, 0.29) is 0 Å². The highest BCUT2D eigenvalue weighted by molar-refractivity contribution is 6.44. The monoisotopic (exact) mass is 280 g/mol. The third-order valence-corrected chi connectivity index (χ3v) is 6.41. The maximum absolute atomic E-state index is 5.57. The zero-order valence-corrected chi connectivity index (χ0v) is 13.6. The maximum Gasteiger partial charge on any atom is 0.321 e. The highest BCUT2D eigenvalue weighted by Crippen LogP contribution is 2.37. The first-order chi connectivity index (χ1) is 9.35. The lowest BCUT2D eigenvalue weighted by Gasteiger charge is -2.29. The summed E-state index contributed by atoms with van der Waals surface area (Å²) in [5, 5.41) is 0. The van der Waals surface area contributed by atoms with E-state index in [0.717, 1.165) is 6.04 Å². The normalized spacial score (nSPS) is 20.6. The van der Waals surface area contributed by atoms with Crippen molar-refractivity contribution >= 4 is 9.28 Å². The minimum atomic E-state index is -1.47. The van der Waals surface area contributed by atoms with Crippen LogP contribution in [-0.4, -0.2) is 23.5 Å². The summed E-state index contributed by atoms with van der Waals surface area (Å²) in [6, 6.07) is 1.12. The lowest BCUT2D eigenvalue weighted by atomic mass is 9.81. The van der Waals surface area contributed by atoms with Crippen LogP contribution in [0.15, 0.2) is 23.3 Å². The number of hydrogen-bond donors (Lipinski definition) is 0. The van der Waals surface area contributed by atoms with E-state index in [1.54, 1.807) is 11.1 Å². The van der Waals surface area contributed by atoms with Crippen LogP contribution in [0.1, 0.15) is 51.4 Å². The van der Waals surface area contributed by atoms with Crippen molar-refractivity contribution in [1.82, 2.24) is 0 Å². The average molecular weight is 280 g/mol. The van der Waals surface area contributed by atoms with E-state index in [1.165, 1.54) is 51.4 Å². The Balaban J connectivity index is 2.11. The molecule has 108 valence electrons. The van der Waals surface area contributed by atoms with Crippen molar-refractivity contribution in [2.75, 3.05) is 14.2 Å². The van der Waals surface area contributed by atoms with E-state index in [4.69, 9.17) is 8.85 Å². The van der Waals surface area contributed by atoms with Crippen LogP contribution >= 0.6 is 0 Å². The van der Waals surface area contributed by atoms with Crippen LogP contribution in [0.4, 0.5) is 0 Å². The second-order valence-electron chi connectivity index (χ2n) is 5.74. The first kappa shape index (κ1) is 15.0. The SMILES string of the molecule is CO[SiH](CC(C1=CCCCC1)C1=CCCCC1)OC. The molecule has 0 amide bonds. The van der Waals surface area contributed by atoms with Gasteiger partial charge in [0.05, 0.1) is 0 Å². The van der Waals surface area contributed by atoms with Crippen molar-refractivity contribution in [2.24, 2.45) is 5.92 Å². The Labute approximate surface area is 119 Å². The summed E-state index contributed by atoms with van der Waals surface area (Å²) in [5.41, 5.74) is 3.34. The van der Waals surface area contributed by atoms with Crippen LogP contribution in [0.2, 0.25) is 6.04 Å². The van der Waals surface area contributed by atoms with Crippen LogP contribution in [0.5, 0.6) is 0 Å². The Kier molecular flexibility index (Phi) is 6.34. The first-order valence-electron chi connectivity index (χ1n) is 7.78. The minimum Gasteiger partial charge on any atom is -0.400 e. The van der Waals surface area contributed by atoms with E-state index in [9.17, 15) is 0 Å². The fraction of sp³-hybridized carbons (Fsp3) is 0.750. The van der Waals surface area contributed by atoms with Gasteiger partial charge in [-0.2, -0.15) is 0 Å². The van der Waals surface area contributed by atoms with Crippen LogP contribution in [-0.2, 0) is 8.85 Å². The van der Waals surface area contributed by atoms with Gasteiger partial charge in [-0.15, -0.1) is 0 Å². The topological polar surface area (TPSA) is 18.5 Å². The predicted octanol–water partition coefficient (Wildman–Crippen LogP) is 4.12. The summed E-state index contributed by atoms with van der Waals surface area (Å²) in [6.07, 6.45) is 15.6. The Hall–Kier alpha value is -0.383. The number of rotatable bonds is 6. The molecule has 0 bridgehead atoms. The smallest absolute Gasteiger partial charge is 0.321 e. The van der Waals surface area contributed by atoms with Gasteiger partial charge in [0.15, 0.2) is 0 Å². The molecule has 0 spiro atoms. The van der Waals surface area contributed by atoms with Crippen molar-refractivity contribution in [3.05, 3.63) is 23.3 Å². The molecule has 2 rings (SSSR count). The summed E-state index contributed by atoms with van der Waals surface area (Å²) >= 11 is 0. The molecule has 0 fully saturated rings. The Morgan fingerprint density at radius 2 is 1.47 bits per heavy atom. The minimum absolute atomic E-state index is 0.622. The molecule has 0 heterocycles. The van der Waals surface area contributed by atoms with E-state index in [1.807, 2.05) is 14.2 Å². The lowest BCUT2D eigenvalue weighted by molar-refractivity contribution is 0.273. The largest absolute Gasteiger partial charge is 0.400 e. The van der Waals surface area contributed by atoms with Crippen molar-refractivity contribution in [3.63, 3.8) is 0 Å². The molecule has 3 heteroatoms. The van der Waals surface area contributed by atoms with Crippen LogP contribution in [0.25, 0.3) is 0 Å². The molecule has 2 aliphatic rings. The fourth-order valence-electron chi connectivity index (χ4n) is 3.38. The Morgan fingerprint density at radius 1 is 0.947 bits per heavy atom. The zero-order valence-electron chi connectivity index (χ0n) is 12.5. The average Bonchev–Trinajstić information content (AvgIpc) is 2.50. The van der Waals surface area contributed by atoms with E-state index in [2.05, 4.69) is 12.2 Å². The highest BCUT2D eigenvalue weighted by Gasteiger charge is 2.26. The molecule has 2 nitrogen and oxygen atoms in total. The van der Waals surface area contributed by atoms with Crippen molar-refractivity contribution < 1.29 is 8.85 Å². The standard InChI is InChI=1S/C16H28O2Si/c1-17-19(18-2)13-16(14-9-5-3-6-10-14)15-11-7-4-8-12-15/h9,11,16,19H,3-8,10,12-13H2,1-2H3. The van der Waals surface area contributed by atoms with E-state index in [0.29, 0.717) is 5.92 Å². The zero-order chi connectivity index (χ0) is 13.5. The molecule has 19 heavy (non-hydrogen) atoms. The van der Waals surface area contributed by atoms with Gasteiger partial charge in [-0.05, 0) is 57.4 Å². The van der Waals surface area contributed by atoms with Gasteiger partial charge in [-0.25, -0.2) is 0 Å². The first-order valence-corrected chi connectivity index (χ1v) is 9.54. The third kappa shape index (κ3) is 4.30. The molecular formula is C16H28O2Si. The second kappa shape index (κ2) is 8.03. The molecule has 0 aromatic heterocycles. The maximum atomic E-state index is 5.57. The predicted molar refractivity (Wildman–Crippen MR) is 82.6 cm³/mol. The van der Waals surface area contributed by atoms with Gasteiger partial charge in [0.1, 0.15) is 0 Å². The van der Waals surface area contributed by atoms with Gasteiger partial charge in [-0.1, -0.05) is 23.3 Å². The fourth-order valence-corrected chi connectivity index (χ4v) is 4.95. The lowest BCUT2D eigenvalue weighted by Crippen LogP contribution is -2.25. The molecule has 0 saturated heterocycles. The molecule has 0 N–H and O–H groups in total. The van der Waals surface area contributed by atoms with Crippen LogP contribution in [0, 0.1) is 5.92 Å². The molecule has 0 saturated carbocycles. The quantitative estimate of drug-likeness (QED) is 0.538. The van der Waals surface area contributed by atoms with Gasteiger partial charge < -0.3 is 8.85 Å². The number of hydrogen-bond acceptors (Lipinski definition) is 2. The summed E-state index contributed by atoms with van der Waals surface area (Å²) in [5.74, 6) is 0.622. The summed E-state index contributed by atoms with van der Waals surface area (Å²) in [6.45, 7) is 0. The molecule has 0 aromatic rings. The third-order valence-electron chi connectivity index (χ3n) is 4.50. The van der Waals surface area contributed by atoms with Gasteiger partial charge in [0.25, 0.3) is 0 Å². The summed E-state index contributed by atoms with van der Waals surface area (Å²) < 4.78 is 11.1. The molecule has 2 aliphatic carbocycles. The highest BCUT2D eigenvalue weighted by atomic mass is 28.3. The summed E-state index contributed by atoms with van der Waals surface area (Å²) in [4.78, 5) is 0. The molecule has 0 aromatic carbocycles. The van der Waals surface area contributed by atoms with Crippen molar-refractivity contribution in [1.29, 1.82) is 0 Å². The van der Waals surface area contributed by atoms with Gasteiger partial charge >= 0.3 is 9.28 Å². The second-order valence-corrected chi connectivity index (χ2v) is 8.01. The Bertz CT molecular complexity index is 306. The van der Waals surface area contributed by atoms with Crippen LogP contribution in [0.3, 0.4) is 0 Å². The van der Waals surface area contributed by atoms with E-state index >= 15 is 0 Å². The molecular weight excluding hydrogens is 252 g/mol. The number of allylic oxidation sites excluding steroid dienone is 4. The van der Waals surface area contributed by atoms with Gasteiger partial charge in [0.2, 0.25) is 0 Å².